The van der Waals surface area contributed by atoms with E-state index >= 15 is 0 Å². The Labute approximate surface area is 162 Å². The summed E-state index contributed by atoms with van der Waals surface area (Å²) in [5.41, 5.74) is 1.07. The van der Waals surface area contributed by atoms with E-state index < -0.39 is 0 Å². The van der Waals surface area contributed by atoms with Gasteiger partial charge in [0.05, 0.1) is 33.7 Å². The molecule has 27 heavy (non-hydrogen) atoms. The Morgan fingerprint density at radius 3 is 2.56 bits per heavy atom. The molecule has 0 saturated carbocycles. The van der Waals surface area contributed by atoms with Crippen molar-refractivity contribution < 1.29 is 9.59 Å². The van der Waals surface area contributed by atoms with Gasteiger partial charge in [-0.2, -0.15) is 0 Å². The number of hydrogen-bond acceptors (Lipinski definition) is 5. The summed E-state index contributed by atoms with van der Waals surface area (Å²) in [4.78, 5) is 34.1. The van der Waals surface area contributed by atoms with E-state index in [0.717, 1.165) is 31.4 Å². The summed E-state index contributed by atoms with van der Waals surface area (Å²) in [5.74, 6) is 0.167. The topological polar surface area (TPSA) is 53.5 Å². The molecule has 5 nitrogen and oxygen atoms in total. The lowest BCUT2D eigenvalue weighted by Gasteiger charge is -2.34. The van der Waals surface area contributed by atoms with Crippen molar-refractivity contribution in [1.82, 2.24) is 14.8 Å². The van der Waals surface area contributed by atoms with Gasteiger partial charge in [-0.25, -0.2) is 4.98 Å². The summed E-state index contributed by atoms with van der Waals surface area (Å²) in [6, 6.07) is 8.26. The fourth-order valence-corrected chi connectivity index (χ4v) is 5.75. The number of likely N-dealkylation sites (tertiary alicyclic amines) is 2. The predicted molar refractivity (Wildman–Crippen MR) is 105 cm³/mol. The van der Waals surface area contributed by atoms with E-state index in [-0.39, 0.29) is 23.7 Å². The SMILES string of the molecule is O=C1C2CC=CCC2C(=O)N1CN1CCCC(c2nc3ccccc3s2)C1. The second-order valence-corrected chi connectivity index (χ2v) is 8.90. The molecule has 0 bridgehead atoms. The lowest BCUT2D eigenvalue weighted by atomic mass is 9.85. The van der Waals surface area contributed by atoms with Gasteiger partial charge in [-0.15, -0.1) is 11.3 Å². The van der Waals surface area contributed by atoms with Crippen LogP contribution < -0.4 is 0 Å². The molecular formula is C21H23N3O2S. The van der Waals surface area contributed by atoms with E-state index in [0.29, 0.717) is 25.4 Å². The average Bonchev–Trinajstić information content (AvgIpc) is 3.24. The Hall–Kier alpha value is -2.05. The number of amides is 2. The molecule has 140 valence electrons. The average molecular weight is 382 g/mol. The molecule has 1 aromatic carbocycles. The van der Waals surface area contributed by atoms with Crippen LogP contribution in [0.15, 0.2) is 36.4 Å². The third-order valence-corrected chi connectivity index (χ3v) is 7.30. The first-order valence-corrected chi connectivity index (χ1v) is 10.6. The molecule has 3 aliphatic rings. The first kappa shape index (κ1) is 17.1. The number of piperidine rings is 1. The number of rotatable bonds is 3. The van der Waals surface area contributed by atoms with Crippen molar-refractivity contribution >= 4 is 33.4 Å². The molecule has 0 N–H and O–H groups in total. The Morgan fingerprint density at radius 1 is 1.07 bits per heavy atom. The number of carbonyl (C=O) groups excluding carboxylic acids is 2. The van der Waals surface area contributed by atoms with Gasteiger partial charge in [-0.05, 0) is 44.4 Å². The molecule has 3 heterocycles. The third kappa shape index (κ3) is 3.01. The summed E-state index contributed by atoms with van der Waals surface area (Å²) < 4.78 is 1.23. The van der Waals surface area contributed by atoms with Gasteiger partial charge in [0.1, 0.15) is 0 Å². The first-order chi connectivity index (χ1) is 13.2. The van der Waals surface area contributed by atoms with Crippen LogP contribution in [0.4, 0.5) is 0 Å². The highest BCUT2D eigenvalue weighted by Crippen LogP contribution is 2.36. The van der Waals surface area contributed by atoms with Gasteiger partial charge in [-0.3, -0.25) is 19.4 Å². The van der Waals surface area contributed by atoms with E-state index in [1.807, 2.05) is 18.2 Å². The van der Waals surface area contributed by atoms with Crippen molar-refractivity contribution in [2.75, 3.05) is 19.8 Å². The molecule has 5 rings (SSSR count). The van der Waals surface area contributed by atoms with Crippen LogP contribution in [0.5, 0.6) is 0 Å². The number of allylic oxidation sites excluding steroid dienone is 2. The molecule has 3 atom stereocenters. The van der Waals surface area contributed by atoms with Gasteiger partial charge in [0.15, 0.2) is 0 Å². The van der Waals surface area contributed by atoms with E-state index in [9.17, 15) is 9.59 Å². The van der Waals surface area contributed by atoms with Crippen LogP contribution in [0, 0.1) is 11.8 Å². The summed E-state index contributed by atoms with van der Waals surface area (Å²) in [6.07, 6.45) is 7.69. The maximum atomic E-state index is 12.7. The number of benzene rings is 1. The highest BCUT2D eigenvalue weighted by Gasteiger charge is 2.47. The monoisotopic (exact) mass is 381 g/mol. The van der Waals surface area contributed by atoms with Gasteiger partial charge in [0, 0.05) is 12.5 Å². The molecular weight excluding hydrogens is 358 g/mol. The minimum atomic E-state index is -0.132. The molecule has 1 aromatic heterocycles. The minimum absolute atomic E-state index is 0.0245. The minimum Gasteiger partial charge on any atom is -0.285 e. The molecule has 1 aliphatic carbocycles. The largest absolute Gasteiger partial charge is 0.285 e. The van der Waals surface area contributed by atoms with Gasteiger partial charge in [-0.1, -0.05) is 24.3 Å². The van der Waals surface area contributed by atoms with E-state index in [4.69, 9.17) is 4.98 Å². The lowest BCUT2D eigenvalue weighted by molar-refractivity contribution is -0.142. The Morgan fingerprint density at radius 2 is 1.81 bits per heavy atom. The van der Waals surface area contributed by atoms with E-state index in [2.05, 4.69) is 23.1 Å². The standard InChI is InChI=1S/C21H23N3O2S/c25-20-15-7-1-2-8-16(15)21(26)24(20)13-23-11-5-6-14(12-23)19-22-17-9-3-4-10-18(17)27-19/h1-4,9-10,14-16H,5-8,11-13H2. The Balaban J connectivity index is 1.30. The number of hydrogen-bond donors (Lipinski definition) is 0. The van der Waals surface area contributed by atoms with Gasteiger partial charge >= 0.3 is 0 Å². The second kappa shape index (κ2) is 6.84. The molecule has 2 fully saturated rings. The molecule has 0 spiro atoms. The van der Waals surface area contributed by atoms with Gasteiger partial charge in [0.2, 0.25) is 11.8 Å². The number of fused-ring (bicyclic) bond motifs is 2. The van der Waals surface area contributed by atoms with Crippen molar-refractivity contribution in [3.8, 4) is 0 Å². The maximum absolute atomic E-state index is 12.7. The first-order valence-electron chi connectivity index (χ1n) is 9.79. The van der Waals surface area contributed by atoms with Crippen molar-refractivity contribution in [3.63, 3.8) is 0 Å². The quantitative estimate of drug-likeness (QED) is 0.604. The second-order valence-electron chi connectivity index (χ2n) is 7.84. The molecule has 0 radical (unpaired) electrons. The number of carbonyl (C=O) groups is 2. The van der Waals surface area contributed by atoms with Crippen molar-refractivity contribution in [2.45, 2.75) is 31.6 Å². The van der Waals surface area contributed by atoms with Crippen LogP contribution in [0.2, 0.25) is 0 Å². The zero-order valence-electron chi connectivity index (χ0n) is 15.2. The zero-order chi connectivity index (χ0) is 18.4. The van der Waals surface area contributed by atoms with Crippen LogP contribution >= 0.6 is 11.3 Å². The molecule has 2 amide bonds. The third-order valence-electron chi connectivity index (χ3n) is 6.11. The maximum Gasteiger partial charge on any atom is 0.234 e. The number of nitrogens with zero attached hydrogens (tertiary/aromatic N) is 3. The molecule has 2 saturated heterocycles. The van der Waals surface area contributed by atoms with E-state index in [1.54, 1.807) is 11.3 Å². The summed E-state index contributed by atoms with van der Waals surface area (Å²) in [5, 5.41) is 1.18. The Bertz CT molecular complexity index is 862. The van der Waals surface area contributed by atoms with Crippen molar-refractivity contribution in [1.29, 1.82) is 0 Å². The summed E-state index contributed by atoms with van der Waals surface area (Å²) in [6.45, 7) is 2.24. The van der Waals surface area contributed by atoms with Gasteiger partial charge < -0.3 is 0 Å². The van der Waals surface area contributed by atoms with Crippen molar-refractivity contribution in [2.24, 2.45) is 11.8 Å². The molecule has 3 unspecified atom stereocenters. The smallest absolute Gasteiger partial charge is 0.234 e. The molecule has 6 heteroatoms. The van der Waals surface area contributed by atoms with Crippen LogP contribution in [0.25, 0.3) is 10.2 Å². The summed E-state index contributed by atoms with van der Waals surface area (Å²) >= 11 is 1.77. The normalized spacial score (nSPS) is 28.9. The molecule has 2 aliphatic heterocycles. The van der Waals surface area contributed by atoms with Crippen molar-refractivity contribution in [3.05, 3.63) is 41.4 Å². The van der Waals surface area contributed by atoms with Crippen LogP contribution in [0.3, 0.4) is 0 Å². The summed E-state index contributed by atoms with van der Waals surface area (Å²) in [7, 11) is 0. The number of imide groups is 1. The van der Waals surface area contributed by atoms with Gasteiger partial charge in [0.25, 0.3) is 0 Å². The number of aromatic nitrogens is 1. The highest BCUT2D eigenvalue weighted by atomic mass is 32.1. The fourth-order valence-electron chi connectivity index (χ4n) is 4.66. The van der Waals surface area contributed by atoms with Crippen LogP contribution in [0.1, 0.15) is 36.6 Å². The Kier molecular flexibility index (Phi) is 4.32. The van der Waals surface area contributed by atoms with Crippen LogP contribution in [-0.4, -0.2) is 46.4 Å². The van der Waals surface area contributed by atoms with E-state index in [1.165, 1.54) is 14.6 Å². The highest BCUT2D eigenvalue weighted by molar-refractivity contribution is 7.18. The lowest BCUT2D eigenvalue weighted by Crippen LogP contribution is -2.45. The predicted octanol–water partition coefficient (Wildman–Crippen LogP) is 3.38. The number of para-hydroxylation sites is 1. The number of thiazole rings is 1. The fraction of sp³-hybridized carbons (Fsp3) is 0.476. The zero-order valence-corrected chi connectivity index (χ0v) is 16.0. The molecule has 2 aromatic rings. The van der Waals surface area contributed by atoms with Crippen LogP contribution in [-0.2, 0) is 9.59 Å².